The minimum atomic E-state index is -0.0463. The summed E-state index contributed by atoms with van der Waals surface area (Å²) in [5, 5.41) is 10.6. The van der Waals surface area contributed by atoms with Crippen LogP contribution in [0.5, 0.6) is 0 Å². The highest BCUT2D eigenvalue weighted by Crippen LogP contribution is 2.12. The summed E-state index contributed by atoms with van der Waals surface area (Å²) >= 11 is 0. The molecule has 1 aliphatic heterocycles. The lowest BCUT2D eigenvalue weighted by atomic mass is 10.0. The van der Waals surface area contributed by atoms with Gasteiger partial charge in [0.1, 0.15) is 6.54 Å². The van der Waals surface area contributed by atoms with Crippen LogP contribution in [0.25, 0.3) is 0 Å². The van der Waals surface area contributed by atoms with Crippen molar-refractivity contribution < 1.29 is 9.53 Å². The van der Waals surface area contributed by atoms with Crippen LogP contribution in [-0.2, 0) is 22.6 Å². The van der Waals surface area contributed by atoms with E-state index >= 15 is 0 Å². The number of carbonyl (C=O) groups excluding carboxylic acids is 1. The molecule has 0 atom stereocenters. The molecule has 0 unspecified atom stereocenters. The Balaban J connectivity index is 1.71. The second kappa shape index (κ2) is 6.46. The van der Waals surface area contributed by atoms with E-state index in [0.29, 0.717) is 24.7 Å². The Hall–Kier alpha value is -1.47. The standard InChI is InChI=1S/C11H19N5O2/c12-5-10-7-16(15-14-10)8-11(17)13-6-9-1-3-18-4-2-9/h7,9H,1-6,8,12H2,(H,13,17). The molecule has 3 N–H and O–H groups in total. The zero-order valence-electron chi connectivity index (χ0n) is 10.3. The Bertz CT molecular complexity index is 387. The van der Waals surface area contributed by atoms with Crippen molar-refractivity contribution in [3.05, 3.63) is 11.9 Å². The average Bonchev–Trinajstić information content (AvgIpc) is 2.85. The molecule has 7 heteroatoms. The number of nitrogens with one attached hydrogen (secondary N) is 1. The minimum Gasteiger partial charge on any atom is -0.381 e. The van der Waals surface area contributed by atoms with Crippen molar-refractivity contribution in [2.24, 2.45) is 11.7 Å². The summed E-state index contributed by atoms with van der Waals surface area (Å²) in [5.41, 5.74) is 6.11. The van der Waals surface area contributed by atoms with Crippen molar-refractivity contribution in [3.8, 4) is 0 Å². The van der Waals surface area contributed by atoms with Crippen molar-refractivity contribution in [2.75, 3.05) is 19.8 Å². The molecule has 2 rings (SSSR count). The molecule has 0 radical (unpaired) electrons. The zero-order valence-corrected chi connectivity index (χ0v) is 10.3. The van der Waals surface area contributed by atoms with Crippen LogP contribution in [0.1, 0.15) is 18.5 Å². The first-order valence-corrected chi connectivity index (χ1v) is 6.21. The van der Waals surface area contributed by atoms with E-state index in [0.717, 1.165) is 26.1 Å². The molecule has 18 heavy (non-hydrogen) atoms. The predicted octanol–water partition coefficient (Wildman–Crippen LogP) is -0.720. The number of amides is 1. The van der Waals surface area contributed by atoms with E-state index in [9.17, 15) is 4.79 Å². The normalized spacial score (nSPS) is 16.7. The van der Waals surface area contributed by atoms with Gasteiger partial charge in [-0.1, -0.05) is 5.21 Å². The van der Waals surface area contributed by atoms with Gasteiger partial charge in [0.25, 0.3) is 0 Å². The Morgan fingerprint density at radius 2 is 2.33 bits per heavy atom. The fourth-order valence-electron chi connectivity index (χ4n) is 1.92. The lowest BCUT2D eigenvalue weighted by molar-refractivity contribution is -0.122. The number of ether oxygens (including phenoxy) is 1. The predicted molar refractivity (Wildman–Crippen MR) is 64.5 cm³/mol. The average molecular weight is 253 g/mol. The van der Waals surface area contributed by atoms with Gasteiger partial charge in [-0.15, -0.1) is 5.10 Å². The first-order chi connectivity index (χ1) is 8.78. The molecule has 1 amide bonds. The quantitative estimate of drug-likeness (QED) is 0.722. The van der Waals surface area contributed by atoms with E-state index in [-0.39, 0.29) is 12.5 Å². The minimum absolute atomic E-state index is 0.0463. The summed E-state index contributed by atoms with van der Waals surface area (Å²) in [6, 6.07) is 0. The van der Waals surface area contributed by atoms with Crippen molar-refractivity contribution in [1.29, 1.82) is 0 Å². The van der Waals surface area contributed by atoms with Crippen LogP contribution >= 0.6 is 0 Å². The molecule has 2 heterocycles. The highest BCUT2D eigenvalue weighted by atomic mass is 16.5. The summed E-state index contributed by atoms with van der Waals surface area (Å²) in [4.78, 5) is 11.7. The smallest absolute Gasteiger partial charge is 0.241 e. The largest absolute Gasteiger partial charge is 0.381 e. The maximum absolute atomic E-state index is 11.7. The van der Waals surface area contributed by atoms with Crippen LogP contribution in [-0.4, -0.2) is 40.7 Å². The fraction of sp³-hybridized carbons (Fsp3) is 0.727. The number of hydrogen-bond donors (Lipinski definition) is 2. The maximum Gasteiger partial charge on any atom is 0.241 e. The molecule has 0 saturated carbocycles. The van der Waals surface area contributed by atoms with Crippen molar-refractivity contribution in [3.63, 3.8) is 0 Å². The molecule has 1 aliphatic rings. The number of aromatic nitrogens is 3. The molecule has 1 aromatic heterocycles. The Morgan fingerprint density at radius 1 is 1.56 bits per heavy atom. The number of rotatable bonds is 5. The molecule has 7 nitrogen and oxygen atoms in total. The SMILES string of the molecule is NCc1cn(CC(=O)NCC2CCOCC2)nn1. The molecular formula is C11H19N5O2. The van der Waals surface area contributed by atoms with Crippen LogP contribution in [0.2, 0.25) is 0 Å². The third-order valence-electron chi connectivity index (χ3n) is 3.03. The van der Waals surface area contributed by atoms with Gasteiger partial charge in [-0.05, 0) is 18.8 Å². The highest BCUT2D eigenvalue weighted by Gasteiger charge is 2.14. The van der Waals surface area contributed by atoms with E-state index in [2.05, 4.69) is 15.6 Å². The molecule has 1 saturated heterocycles. The zero-order chi connectivity index (χ0) is 12.8. The fourth-order valence-corrected chi connectivity index (χ4v) is 1.92. The van der Waals surface area contributed by atoms with Crippen LogP contribution in [0.3, 0.4) is 0 Å². The van der Waals surface area contributed by atoms with Gasteiger partial charge in [0.05, 0.1) is 11.9 Å². The van der Waals surface area contributed by atoms with Gasteiger partial charge in [0.2, 0.25) is 5.91 Å². The van der Waals surface area contributed by atoms with Gasteiger partial charge in [-0.3, -0.25) is 4.79 Å². The van der Waals surface area contributed by atoms with Gasteiger partial charge < -0.3 is 15.8 Å². The summed E-state index contributed by atoms with van der Waals surface area (Å²) in [6.45, 7) is 2.83. The molecular weight excluding hydrogens is 234 g/mol. The third-order valence-corrected chi connectivity index (χ3v) is 3.03. The van der Waals surface area contributed by atoms with E-state index in [4.69, 9.17) is 10.5 Å². The molecule has 0 bridgehead atoms. The summed E-state index contributed by atoms with van der Waals surface area (Å²) in [6.07, 6.45) is 3.72. The van der Waals surface area contributed by atoms with Crippen molar-refractivity contribution in [1.82, 2.24) is 20.3 Å². The number of nitrogens with zero attached hydrogens (tertiary/aromatic N) is 3. The molecule has 0 aliphatic carbocycles. The number of carbonyl (C=O) groups is 1. The lowest BCUT2D eigenvalue weighted by Gasteiger charge is -2.22. The van der Waals surface area contributed by atoms with Crippen LogP contribution in [0.15, 0.2) is 6.20 Å². The number of hydrogen-bond acceptors (Lipinski definition) is 5. The second-order valence-electron chi connectivity index (χ2n) is 4.47. The monoisotopic (exact) mass is 253 g/mol. The van der Waals surface area contributed by atoms with Gasteiger partial charge in [0.15, 0.2) is 0 Å². The molecule has 0 aromatic carbocycles. The number of nitrogens with two attached hydrogens (primary N) is 1. The van der Waals surface area contributed by atoms with Gasteiger partial charge in [-0.2, -0.15) is 0 Å². The van der Waals surface area contributed by atoms with Crippen molar-refractivity contribution in [2.45, 2.75) is 25.9 Å². The molecule has 100 valence electrons. The van der Waals surface area contributed by atoms with Crippen molar-refractivity contribution >= 4 is 5.91 Å². The van der Waals surface area contributed by atoms with E-state index < -0.39 is 0 Å². The van der Waals surface area contributed by atoms with Gasteiger partial charge in [0, 0.05) is 26.3 Å². The summed E-state index contributed by atoms with van der Waals surface area (Å²) in [5.74, 6) is 0.480. The second-order valence-corrected chi connectivity index (χ2v) is 4.47. The molecule has 0 spiro atoms. The third kappa shape index (κ3) is 3.78. The highest BCUT2D eigenvalue weighted by molar-refractivity contribution is 5.75. The van der Waals surface area contributed by atoms with E-state index in [1.807, 2.05) is 0 Å². The Morgan fingerprint density at radius 3 is 3.00 bits per heavy atom. The molecule has 1 fully saturated rings. The van der Waals surface area contributed by atoms with Gasteiger partial charge in [-0.25, -0.2) is 4.68 Å². The van der Waals surface area contributed by atoms with Crippen LogP contribution in [0, 0.1) is 5.92 Å². The first kappa shape index (κ1) is 13.0. The summed E-state index contributed by atoms with van der Waals surface area (Å²) < 4.78 is 6.77. The first-order valence-electron chi connectivity index (χ1n) is 6.21. The summed E-state index contributed by atoms with van der Waals surface area (Å²) in [7, 11) is 0. The molecule has 1 aromatic rings. The van der Waals surface area contributed by atoms with Crippen LogP contribution < -0.4 is 11.1 Å². The van der Waals surface area contributed by atoms with E-state index in [1.165, 1.54) is 4.68 Å². The van der Waals surface area contributed by atoms with E-state index in [1.54, 1.807) is 6.20 Å². The lowest BCUT2D eigenvalue weighted by Crippen LogP contribution is -2.34. The Labute approximate surface area is 106 Å². The topological polar surface area (TPSA) is 95.1 Å². The maximum atomic E-state index is 11.7. The van der Waals surface area contributed by atoms with Crippen LogP contribution in [0.4, 0.5) is 0 Å². The Kier molecular flexibility index (Phi) is 4.66. The van der Waals surface area contributed by atoms with Gasteiger partial charge >= 0.3 is 0 Å².